The number of nitrogens with zero attached hydrogens (tertiary/aromatic N) is 2. The van der Waals surface area contributed by atoms with Crippen LogP contribution >= 0.6 is 0 Å². The minimum atomic E-state index is -0.643. The first kappa shape index (κ1) is 15.9. The van der Waals surface area contributed by atoms with E-state index < -0.39 is 17.7 Å². The van der Waals surface area contributed by atoms with Gasteiger partial charge < -0.3 is 16.4 Å². The Balaban J connectivity index is 2.05. The summed E-state index contributed by atoms with van der Waals surface area (Å²) < 4.78 is 28.3. The average Bonchev–Trinajstić information content (AvgIpc) is 2.53. The molecule has 0 atom stereocenters. The Bertz CT molecular complexity index is 811. The van der Waals surface area contributed by atoms with E-state index in [9.17, 15) is 13.6 Å². The summed E-state index contributed by atoms with van der Waals surface area (Å²) >= 11 is 0. The molecule has 2 aromatic carbocycles. The van der Waals surface area contributed by atoms with Crippen LogP contribution in [0.25, 0.3) is 11.1 Å². The Hall–Kier alpha value is -2.96. The molecule has 124 valence electrons. The molecule has 0 bridgehead atoms. The quantitative estimate of drug-likeness (QED) is 0.622. The van der Waals surface area contributed by atoms with Crippen LogP contribution in [0.4, 0.5) is 13.6 Å². The van der Waals surface area contributed by atoms with Gasteiger partial charge in [-0.2, -0.15) is 4.99 Å². The molecule has 7 heteroatoms. The second-order valence-electron chi connectivity index (χ2n) is 5.53. The normalized spacial score (nSPS) is 13.3. The predicted octanol–water partition coefficient (Wildman–Crippen LogP) is 2.38. The van der Waals surface area contributed by atoms with E-state index in [-0.39, 0.29) is 18.1 Å². The van der Waals surface area contributed by atoms with Crippen molar-refractivity contribution < 1.29 is 13.6 Å². The molecule has 0 fully saturated rings. The van der Waals surface area contributed by atoms with Gasteiger partial charge in [0, 0.05) is 13.1 Å². The molecule has 1 heterocycles. The fourth-order valence-corrected chi connectivity index (χ4v) is 2.91. The van der Waals surface area contributed by atoms with Crippen molar-refractivity contribution in [3.05, 3.63) is 59.2 Å². The third-order valence-corrected chi connectivity index (χ3v) is 4.00. The first-order valence-corrected chi connectivity index (χ1v) is 7.41. The molecule has 3 rings (SSSR count). The lowest BCUT2D eigenvalue weighted by Gasteiger charge is -2.29. The van der Waals surface area contributed by atoms with Crippen molar-refractivity contribution >= 4 is 12.0 Å². The van der Waals surface area contributed by atoms with Crippen molar-refractivity contribution in [1.82, 2.24) is 4.90 Å². The molecule has 0 aromatic heterocycles. The topological polar surface area (TPSA) is 84.7 Å². The van der Waals surface area contributed by atoms with Gasteiger partial charge in [0.15, 0.2) is 5.96 Å². The highest BCUT2D eigenvalue weighted by Crippen LogP contribution is 2.33. The van der Waals surface area contributed by atoms with Gasteiger partial charge in [0.25, 0.3) is 0 Å². The van der Waals surface area contributed by atoms with Gasteiger partial charge in [0.05, 0.1) is 5.56 Å². The van der Waals surface area contributed by atoms with E-state index in [4.69, 9.17) is 11.5 Å². The Labute approximate surface area is 137 Å². The van der Waals surface area contributed by atoms with Crippen LogP contribution in [-0.2, 0) is 13.0 Å². The monoisotopic (exact) mass is 330 g/mol. The molecule has 2 aromatic rings. The lowest BCUT2D eigenvalue weighted by molar-refractivity contribution is 0.203. The van der Waals surface area contributed by atoms with Crippen molar-refractivity contribution in [2.45, 2.75) is 13.0 Å². The number of halogens is 2. The highest BCUT2D eigenvalue weighted by atomic mass is 19.1. The second-order valence-corrected chi connectivity index (χ2v) is 5.53. The lowest BCUT2D eigenvalue weighted by Crippen LogP contribution is -2.36. The van der Waals surface area contributed by atoms with Crippen molar-refractivity contribution in [2.24, 2.45) is 16.5 Å². The number of benzene rings is 2. The van der Waals surface area contributed by atoms with E-state index in [2.05, 4.69) is 4.99 Å². The average molecular weight is 330 g/mol. The highest BCUT2D eigenvalue weighted by Gasteiger charge is 2.25. The molecule has 0 unspecified atom stereocenters. The molecule has 0 saturated carbocycles. The van der Waals surface area contributed by atoms with Crippen LogP contribution in [0.1, 0.15) is 11.1 Å². The first-order chi connectivity index (χ1) is 11.5. The second kappa shape index (κ2) is 6.27. The van der Waals surface area contributed by atoms with Crippen LogP contribution in [0.15, 0.2) is 41.4 Å². The van der Waals surface area contributed by atoms with Crippen molar-refractivity contribution in [1.29, 1.82) is 0 Å². The van der Waals surface area contributed by atoms with Crippen LogP contribution in [0, 0.1) is 11.6 Å². The molecular weight excluding hydrogens is 314 g/mol. The number of fused-ring (bicyclic) bond motifs is 1. The molecule has 0 spiro atoms. The van der Waals surface area contributed by atoms with E-state index in [1.165, 1.54) is 23.1 Å². The van der Waals surface area contributed by atoms with E-state index in [1.54, 1.807) is 12.1 Å². The van der Waals surface area contributed by atoms with E-state index in [1.807, 2.05) is 6.07 Å². The Kier molecular flexibility index (Phi) is 4.16. The Morgan fingerprint density at radius 1 is 1.08 bits per heavy atom. The summed E-state index contributed by atoms with van der Waals surface area (Å²) in [5.74, 6) is -1.61. The zero-order valence-corrected chi connectivity index (χ0v) is 12.8. The molecule has 0 saturated heterocycles. The van der Waals surface area contributed by atoms with E-state index in [0.717, 1.165) is 5.56 Å². The van der Waals surface area contributed by atoms with Crippen molar-refractivity contribution in [3.8, 4) is 11.1 Å². The number of hydrogen-bond donors (Lipinski definition) is 2. The molecule has 1 aliphatic heterocycles. The zero-order valence-electron chi connectivity index (χ0n) is 12.8. The van der Waals surface area contributed by atoms with Crippen LogP contribution in [0.3, 0.4) is 0 Å². The number of carbonyl (C=O) groups is 1. The van der Waals surface area contributed by atoms with Gasteiger partial charge in [-0.1, -0.05) is 24.3 Å². The maximum absolute atomic E-state index is 14.2. The number of amides is 2. The fraction of sp³-hybridized carbons (Fsp3) is 0.176. The number of rotatable bonds is 1. The number of urea groups is 1. The van der Waals surface area contributed by atoms with Gasteiger partial charge in [0.1, 0.15) is 11.6 Å². The molecule has 5 nitrogen and oxygen atoms in total. The summed E-state index contributed by atoms with van der Waals surface area (Å²) in [6, 6.07) is 8.47. The van der Waals surface area contributed by atoms with Gasteiger partial charge in [-0.05, 0) is 35.2 Å². The van der Waals surface area contributed by atoms with Gasteiger partial charge in [0.2, 0.25) is 0 Å². The summed E-state index contributed by atoms with van der Waals surface area (Å²) in [7, 11) is 0. The molecule has 2 amide bonds. The van der Waals surface area contributed by atoms with E-state index in [0.29, 0.717) is 24.1 Å². The number of aliphatic imine (C=N–C) groups is 1. The van der Waals surface area contributed by atoms with Crippen LogP contribution < -0.4 is 11.5 Å². The molecule has 24 heavy (non-hydrogen) atoms. The number of carbonyl (C=O) groups excluding carboxylic acids is 1. The lowest BCUT2D eigenvalue weighted by atomic mass is 9.91. The molecule has 0 aliphatic carbocycles. The summed E-state index contributed by atoms with van der Waals surface area (Å²) in [6.45, 7) is 0.626. The number of guanidine groups is 1. The van der Waals surface area contributed by atoms with Crippen LogP contribution in [0.2, 0.25) is 0 Å². The first-order valence-electron chi connectivity index (χ1n) is 7.41. The van der Waals surface area contributed by atoms with Crippen molar-refractivity contribution in [3.63, 3.8) is 0 Å². The standard InChI is InChI=1S/C17H16F2N4O/c18-13-5-2-6-14(19)15(13)11-4-1-3-10-7-8-23(9-12(10)11)17(24)22-16(20)21/h1-6H,7-9H2,(H4,20,21,22,24). The largest absolute Gasteiger partial charge is 0.370 e. The minimum absolute atomic E-state index is 0.0921. The molecular formula is C17H16F2N4O. The maximum Gasteiger partial charge on any atom is 0.347 e. The van der Waals surface area contributed by atoms with Gasteiger partial charge >= 0.3 is 6.03 Å². The van der Waals surface area contributed by atoms with Gasteiger partial charge in [-0.25, -0.2) is 13.6 Å². The fourth-order valence-electron chi connectivity index (χ4n) is 2.91. The molecule has 0 radical (unpaired) electrons. The highest BCUT2D eigenvalue weighted by molar-refractivity contribution is 5.90. The molecule has 1 aliphatic rings. The van der Waals surface area contributed by atoms with E-state index >= 15 is 0 Å². The summed E-state index contributed by atoms with van der Waals surface area (Å²) in [5, 5.41) is 0. The molecule has 4 N–H and O–H groups in total. The smallest absolute Gasteiger partial charge is 0.347 e. The summed E-state index contributed by atoms with van der Waals surface area (Å²) in [5.41, 5.74) is 12.5. The summed E-state index contributed by atoms with van der Waals surface area (Å²) in [6.07, 6.45) is 0.560. The third kappa shape index (κ3) is 2.92. The SMILES string of the molecule is NC(N)=NC(=O)N1CCc2cccc(-c3c(F)cccc3F)c2C1. The Morgan fingerprint density at radius 3 is 2.42 bits per heavy atom. The maximum atomic E-state index is 14.2. The number of hydrogen-bond acceptors (Lipinski definition) is 1. The third-order valence-electron chi connectivity index (χ3n) is 4.00. The Morgan fingerprint density at radius 2 is 1.75 bits per heavy atom. The minimum Gasteiger partial charge on any atom is -0.370 e. The van der Waals surface area contributed by atoms with Crippen LogP contribution in [0.5, 0.6) is 0 Å². The summed E-state index contributed by atoms with van der Waals surface area (Å²) in [4.78, 5) is 17.0. The van der Waals surface area contributed by atoms with Crippen molar-refractivity contribution in [2.75, 3.05) is 6.54 Å². The predicted molar refractivity (Wildman–Crippen MR) is 87.1 cm³/mol. The van der Waals surface area contributed by atoms with Crippen LogP contribution in [-0.4, -0.2) is 23.4 Å². The van der Waals surface area contributed by atoms with Gasteiger partial charge in [-0.3, -0.25) is 0 Å². The van der Waals surface area contributed by atoms with Gasteiger partial charge in [-0.15, -0.1) is 0 Å². The number of nitrogens with two attached hydrogens (primary N) is 2. The zero-order chi connectivity index (χ0) is 17.3.